The number of nitrogens with zero attached hydrogens (tertiary/aromatic N) is 1. The molecule has 0 aliphatic carbocycles. The lowest BCUT2D eigenvalue weighted by atomic mass is 10.1. The summed E-state index contributed by atoms with van der Waals surface area (Å²) in [6, 6.07) is 1.04. The van der Waals surface area contributed by atoms with Crippen molar-refractivity contribution < 1.29 is 5.11 Å². The summed E-state index contributed by atoms with van der Waals surface area (Å²) in [5.74, 6) is 0. The van der Waals surface area contributed by atoms with E-state index in [-0.39, 0.29) is 4.83 Å². The van der Waals surface area contributed by atoms with Crippen LogP contribution in [0.3, 0.4) is 0 Å². The van der Waals surface area contributed by atoms with Gasteiger partial charge in [0.05, 0.1) is 4.83 Å². The third kappa shape index (κ3) is 0.907. The van der Waals surface area contributed by atoms with Gasteiger partial charge < -0.3 is 5.11 Å². The van der Waals surface area contributed by atoms with Crippen molar-refractivity contribution >= 4 is 31.9 Å². The molecule has 3 heterocycles. The summed E-state index contributed by atoms with van der Waals surface area (Å²) in [4.78, 5) is 2.44. The Labute approximate surface area is 94.2 Å². The standard InChI is InChI=1S/C9H11Br2NO/c10-7-3-5-1-2-6-4-8(11)9(7,13)12(5)6/h3,5-6,8,13H,1-2,4H2/t5-,6+,8+,9+/m1/s1. The molecule has 13 heavy (non-hydrogen) atoms. The number of hydrogen-bond donors (Lipinski definition) is 1. The summed E-state index contributed by atoms with van der Waals surface area (Å²) in [7, 11) is 0. The van der Waals surface area contributed by atoms with Crippen LogP contribution in [-0.2, 0) is 0 Å². The monoisotopic (exact) mass is 307 g/mol. The van der Waals surface area contributed by atoms with E-state index in [1.165, 1.54) is 12.8 Å². The van der Waals surface area contributed by atoms with Crippen LogP contribution in [0.4, 0.5) is 0 Å². The van der Waals surface area contributed by atoms with Crippen molar-refractivity contribution in [2.45, 2.75) is 41.9 Å². The highest BCUT2D eigenvalue weighted by Crippen LogP contribution is 2.54. The molecule has 2 saturated heterocycles. The first kappa shape index (κ1) is 8.89. The zero-order valence-corrected chi connectivity index (χ0v) is 10.3. The predicted molar refractivity (Wildman–Crippen MR) is 57.9 cm³/mol. The van der Waals surface area contributed by atoms with Crippen molar-refractivity contribution in [3.8, 4) is 0 Å². The maximum absolute atomic E-state index is 10.5. The highest BCUT2D eigenvalue weighted by atomic mass is 79.9. The summed E-state index contributed by atoms with van der Waals surface area (Å²) in [5, 5.41) is 10.5. The summed E-state index contributed by atoms with van der Waals surface area (Å²) >= 11 is 7.06. The molecular weight excluding hydrogens is 298 g/mol. The van der Waals surface area contributed by atoms with Crippen molar-refractivity contribution in [3.63, 3.8) is 0 Å². The van der Waals surface area contributed by atoms with Crippen LogP contribution in [-0.4, -0.2) is 32.6 Å². The van der Waals surface area contributed by atoms with E-state index in [1.807, 2.05) is 0 Å². The fourth-order valence-corrected chi connectivity index (χ4v) is 4.98. The van der Waals surface area contributed by atoms with Gasteiger partial charge in [0.2, 0.25) is 0 Å². The van der Waals surface area contributed by atoms with Crippen molar-refractivity contribution in [1.82, 2.24) is 4.90 Å². The van der Waals surface area contributed by atoms with Gasteiger partial charge in [-0.25, -0.2) is 0 Å². The van der Waals surface area contributed by atoms with E-state index in [9.17, 15) is 5.11 Å². The molecule has 2 nitrogen and oxygen atoms in total. The van der Waals surface area contributed by atoms with Crippen molar-refractivity contribution in [1.29, 1.82) is 0 Å². The molecule has 0 spiro atoms. The molecule has 0 bridgehead atoms. The third-order valence-corrected chi connectivity index (χ3v) is 5.41. The minimum Gasteiger partial charge on any atom is -0.370 e. The van der Waals surface area contributed by atoms with Gasteiger partial charge in [0.25, 0.3) is 0 Å². The van der Waals surface area contributed by atoms with Crippen LogP contribution in [0.15, 0.2) is 10.6 Å². The quantitative estimate of drug-likeness (QED) is 0.692. The first-order valence-electron chi connectivity index (χ1n) is 4.66. The van der Waals surface area contributed by atoms with Crippen LogP contribution in [0, 0.1) is 0 Å². The lowest BCUT2D eigenvalue weighted by Gasteiger charge is -2.32. The van der Waals surface area contributed by atoms with E-state index >= 15 is 0 Å². The molecule has 0 saturated carbocycles. The van der Waals surface area contributed by atoms with Crippen LogP contribution in [0.25, 0.3) is 0 Å². The molecule has 0 amide bonds. The Hall–Kier alpha value is 0.620. The lowest BCUT2D eigenvalue weighted by Crippen LogP contribution is -2.48. The second kappa shape index (κ2) is 2.60. The Balaban J connectivity index is 2.10. The van der Waals surface area contributed by atoms with Gasteiger partial charge in [-0.2, -0.15) is 0 Å². The number of rotatable bonds is 0. The Morgan fingerprint density at radius 1 is 1.54 bits per heavy atom. The van der Waals surface area contributed by atoms with Crippen LogP contribution in [0.1, 0.15) is 19.3 Å². The summed E-state index contributed by atoms with van der Waals surface area (Å²) in [6.45, 7) is 0. The first-order chi connectivity index (χ1) is 6.14. The maximum atomic E-state index is 10.5. The van der Waals surface area contributed by atoms with Crippen molar-refractivity contribution in [2.75, 3.05) is 0 Å². The molecule has 0 radical (unpaired) electrons. The molecule has 72 valence electrons. The van der Waals surface area contributed by atoms with Gasteiger partial charge in [0, 0.05) is 16.6 Å². The Kier molecular flexibility index (Phi) is 1.78. The van der Waals surface area contributed by atoms with Crippen LogP contribution in [0.2, 0.25) is 0 Å². The van der Waals surface area contributed by atoms with Gasteiger partial charge in [-0.1, -0.05) is 37.9 Å². The largest absolute Gasteiger partial charge is 0.370 e. The highest BCUT2D eigenvalue weighted by Gasteiger charge is 2.60. The van der Waals surface area contributed by atoms with Gasteiger partial charge in [-0.3, -0.25) is 4.90 Å². The van der Waals surface area contributed by atoms with E-state index in [2.05, 4.69) is 42.8 Å². The van der Waals surface area contributed by atoms with Crippen molar-refractivity contribution in [2.24, 2.45) is 0 Å². The molecule has 4 atom stereocenters. The van der Waals surface area contributed by atoms with Gasteiger partial charge in [-0.05, 0) is 19.3 Å². The van der Waals surface area contributed by atoms with E-state index in [4.69, 9.17) is 0 Å². The summed E-state index contributed by atoms with van der Waals surface area (Å²) < 4.78 is 0.953. The maximum Gasteiger partial charge on any atom is 0.164 e. The molecule has 3 rings (SSSR count). The van der Waals surface area contributed by atoms with Gasteiger partial charge >= 0.3 is 0 Å². The topological polar surface area (TPSA) is 23.5 Å². The Morgan fingerprint density at radius 3 is 3.08 bits per heavy atom. The Bertz CT molecular complexity index is 293. The SMILES string of the molecule is O[C@@]12C(Br)=C[C@H]3CC[C@@H](C[C@@H]1Br)N32. The van der Waals surface area contributed by atoms with Gasteiger partial charge in [0.1, 0.15) is 0 Å². The van der Waals surface area contributed by atoms with Crippen LogP contribution in [0.5, 0.6) is 0 Å². The molecular formula is C9H11Br2NO. The number of hydrogen-bond acceptors (Lipinski definition) is 2. The van der Waals surface area contributed by atoms with E-state index in [0.29, 0.717) is 12.1 Å². The predicted octanol–water partition coefficient (Wildman–Crippen LogP) is 1.97. The second-order valence-electron chi connectivity index (χ2n) is 4.15. The van der Waals surface area contributed by atoms with Gasteiger partial charge in [-0.15, -0.1) is 0 Å². The van der Waals surface area contributed by atoms with Crippen LogP contribution >= 0.6 is 31.9 Å². The molecule has 3 aliphatic rings. The minimum atomic E-state index is -0.744. The number of aliphatic hydroxyl groups is 1. The first-order valence-corrected chi connectivity index (χ1v) is 6.37. The third-order valence-electron chi connectivity index (χ3n) is 3.55. The molecule has 3 aliphatic heterocycles. The van der Waals surface area contributed by atoms with Crippen LogP contribution < -0.4 is 0 Å². The van der Waals surface area contributed by atoms with Gasteiger partial charge in [0.15, 0.2) is 5.72 Å². The molecule has 0 unspecified atom stereocenters. The van der Waals surface area contributed by atoms with E-state index in [0.717, 1.165) is 10.9 Å². The normalized spacial score (nSPS) is 54.1. The molecule has 0 aromatic carbocycles. The Morgan fingerprint density at radius 2 is 2.31 bits per heavy atom. The molecule has 1 N–H and O–H groups in total. The second-order valence-corrected chi connectivity index (χ2v) is 6.11. The zero-order chi connectivity index (χ0) is 9.22. The molecule has 0 aromatic heterocycles. The fourth-order valence-electron chi connectivity index (χ4n) is 2.97. The summed E-state index contributed by atoms with van der Waals surface area (Å²) in [5.41, 5.74) is -0.744. The average molecular weight is 309 g/mol. The molecule has 0 aromatic rings. The zero-order valence-electron chi connectivity index (χ0n) is 7.08. The van der Waals surface area contributed by atoms with E-state index < -0.39 is 5.72 Å². The summed E-state index contributed by atoms with van der Waals surface area (Å²) in [6.07, 6.45) is 5.65. The number of halogens is 2. The smallest absolute Gasteiger partial charge is 0.164 e. The minimum absolute atomic E-state index is 0.181. The molecule has 4 heteroatoms. The number of alkyl halides is 1. The van der Waals surface area contributed by atoms with E-state index in [1.54, 1.807) is 0 Å². The fraction of sp³-hybridized carbons (Fsp3) is 0.778. The highest BCUT2D eigenvalue weighted by molar-refractivity contribution is 9.12. The lowest BCUT2D eigenvalue weighted by molar-refractivity contribution is -0.0369. The molecule has 2 fully saturated rings. The average Bonchev–Trinajstić information content (AvgIpc) is 2.63. The van der Waals surface area contributed by atoms with Crippen molar-refractivity contribution in [3.05, 3.63) is 10.6 Å².